The molecule has 1 unspecified atom stereocenters. The molecule has 1 aliphatic heterocycles. The Balaban J connectivity index is 2.03. The van der Waals surface area contributed by atoms with Gasteiger partial charge in [0.05, 0.1) is 10.6 Å². The van der Waals surface area contributed by atoms with Crippen LogP contribution >= 0.6 is 11.6 Å². The van der Waals surface area contributed by atoms with Gasteiger partial charge in [0.1, 0.15) is 0 Å². The van der Waals surface area contributed by atoms with Crippen LogP contribution in [0.5, 0.6) is 0 Å². The monoisotopic (exact) mass is 306 g/mol. The lowest BCUT2D eigenvalue weighted by Crippen LogP contribution is -2.40. The molecule has 1 atom stereocenters. The first-order valence-corrected chi connectivity index (χ1v) is 7.06. The largest absolute Gasteiger partial charge is 0.417 e. The van der Waals surface area contributed by atoms with Crippen LogP contribution in [0.25, 0.3) is 0 Å². The van der Waals surface area contributed by atoms with Gasteiger partial charge in [-0.05, 0) is 44.6 Å². The van der Waals surface area contributed by atoms with Crippen molar-refractivity contribution in [1.29, 1.82) is 0 Å². The van der Waals surface area contributed by atoms with E-state index in [4.69, 9.17) is 11.6 Å². The van der Waals surface area contributed by atoms with Crippen molar-refractivity contribution in [3.63, 3.8) is 0 Å². The number of anilines is 1. The molecule has 1 aliphatic rings. The second-order valence-electron chi connectivity index (χ2n) is 5.20. The smallest absolute Gasteiger partial charge is 0.383 e. The molecular formula is C14H18ClF3N2. The highest BCUT2D eigenvalue weighted by Crippen LogP contribution is 2.36. The molecule has 1 N–H and O–H groups in total. The van der Waals surface area contributed by atoms with Crippen LogP contribution in [0.2, 0.25) is 5.02 Å². The zero-order chi connectivity index (χ0) is 14.8. The fourth-order valence-electron chi connectivity index (χ4n) is 2.49. The Morgan fingerprint density at radius 1 is 1.35 bits per heavy atom. The molecule has 1 aromatic carbocycles. The minimum absolute atomic E-state index is 0.266. The molecule has 0 amide bonds. The molecular weight excluding hydrogens is 289 g/mol. The zero-order valence-corrected chi connectivity index (χ0v) is 12.1. The van der Waals surface area contributed by atoms with Gasteiger partial charge in [0.2, 0.25) is 0 Å². The summed E-state index contributed by atoms with van der Waals surface area (Å²) >= 11 is 5.60. The van der Waals surface area contributed by atoms with Gasteiger partial charge in [-0.15, -0.1) is 0 Å². The van der Waals surface area contributed by atoms with Gasteiger partial charge in [-0.25, -0.2) is 0 Å². The maximum atomic E-state index is 12.8. The van der Waals surface area contributed by atoms with Gasteiger partial charge in [0.25, 0.3) is 0 Å². The third-order valence-corrected chi connectivity index (χ3v) is 4.06. The molecule has 0 saturated carbocycles. The summed E-state index contributed by atoms with van der Waals surface area (Å²) in [5, 5.41) is 2.82. The normalized spacial score (nSPS) is 20.9. The quantitative estimate of drug-likeness (QED) is 0.898. The van der Waals surface area contributed by atoms with Crippen LogP contribution in [0.3, 0.4) is 0 Å². The van der Waals surface area contributed by atoms with E-state index < -0.39 is 11.7 Å². The van der Waals surface area contributed by atoms with E-state index in [1.54, 1.807) is 6.07 Å². The van der Waals surface area contributed by atoms with Crippen molar-refractivity contribution in [3.8, 4) is 0 Å². The van der Waals surface area contributed by atoms with Crippen LogP contribution in [-0.2, 0) is 6.18 Å². The zero-order valence-electron chi connectivity index (χ0n) is 11.3. The minimum Gasteiger partial charge on any atom is -0.383 e. The molecule has 6 heteroatoms. The first kappa shape index (κ1) is 15.4. The summed E-state index contributed by atoms with van der Waals surface area (Å²) in [5.41, 5.74) is -0.332. The number of likely N-dealkylation sites (N-methyl/N-ethyl adjacent to an activating group) is 1. The number of hydrogen-bond donors (Lipinski definition) is 1. The molecule has 1 aromatic rings. The SMILES string of the molecule is CN1CCCCC1CNc1ccc(Cl)c(C(F)(F)F)c1. The molecule has 0 radical (unpaired) electrons. The number of piperidine rings is 1. The Labute approximate surface area is 121 Å². The van der Waals surface area contributed by atoms with Crippen LogP contribution in [-0.4, -0.2) is 31.1 Å². The Bertz CT molecular complexity index is 462. The van der Waals surface area contributed by atoms with Crippen molar-refractivity contribution >= 4 is 17.3 Å². The fourth-order valence-corrected chi connectivity index (χ4v) is 2.71. The highest BCUT2D eigenvalue weighted by atomic mass is 35.5. The summed E-state index contributed by atoms with van der Waals surface area (Å²) in [4.78, 5) is 2.25. The third kappa shape index (κ3) is 3.79. The van der Waals surface area contributed by atoms with Crippen LogP contribution < -0.4 is 5.32 Å². The van der Waals surface area contributed by atoms with E-state index >= 15 is 0 Å². The van der Waals surface area contributed by atoms with Crippen molar-refractivity contribution in [3.05, 3.63) is 28.8 Å². The van der Waals surface area contributed by atoms with Gasteiger partial charge in [-0.1, -0.05) is 18.0 Å². The molecule has 2 rings (SSSR count). The molecule has 1 saturated heterocycles. The topological polar surface area (TPSA) is 15.3 Å². The predicted octanol–water partition coefficient (Wildman–Crippen LogP) is 4.26. The van der Waals surface area contributed by atoms with Gasteiger partial charge in [-0.3, -0.25) is 0 Å². The summed E-state index contributed by atoms with van der Waals surface area (Å²) in [7, 11) is 2.05. The molecule has 1 fully saturated rings. The van der Waals surface area contributed by atoms with E-state index in [9.17, 15) is 13.2 Å². The van der Waals surface area contributed by atoms with Crippen LogP contribution in [0, 0.1) is 0 Å². The van der Waals surface area contributed by atoms with E-state index in [1.807, 2.05) is 0 Å². The minimum atomic E-state index is -4.42. The number of hydrogen-bond acceptors (Lipinski definition) is 2. The Morgan fingerprint density at radius 2 is 2.10 bits per heavy atom. The summed E-state index contributed by atoms with van der Waals surface area (Å²) in [6.45, 7) is 1.69. The average Bonchev–Trinajstić information content (AvgIpc) is 2.38. The number of benzene rings is 1. The van der Waals surface area contributed by atoms with Crippen LogP contribution in [0.15, 0.2) is 18.2 Å². The first-order valence-electron chi connectivity index (χ1n) is 6.69. The molecule has 112 valence electrons. The van der Waals surface area contributed by atoms with Gasteiger partial charge in [0.15, 0.2) is 0 Å². The molecule has 2 nitrogen and oxygen atoms in total. The predicted molar refractivity (Wildman–Crippen MR) is 75.2 cm³/mol. The Morgan fingerprint density at radius 3 is 2.75 bits per heavy atom. The van der Waals surface area contributed by atoms with Gasteiger partial charge in [-0.2, -0.15) is 13.2 Å². The standard InChI is InChI=1S/C14H18ClF3N2/c1-20-7-3-2-4-11(20)9-19-10-5-6-13(15)12(8-10)14(16,17)18/h5-6,8,11,19H,2-4,7,9H2,1H3. The summed E-state index contributed by atoms with van der Waals surface area (Å²) < 4.78 is 38.3. The Kier molecular flexibility index (Phi) is 4.81. The lowest BCUT2D eigenvalue weighted by atomic mass is 10.0. The van der Waals surface area contributed by atoms with Gasteiger partial charge < -0.3 is 10.2 Å². The van der Waals surface area contributed by atoms with Crippen molar-refractivity contribution < 1.29 is 13.2 Å². The highest BCUT2D eigenvalue weighted by molar-refractivity contribution is 6.31. The lowest BCUT2D eigenvalue weighted by Gasteiger charge is -2.32. The van der Waals surface area contributed by atoms with E-state index in [0.717, 1.165) is 19.0 Å². The molecule has 0 aliphatic carbocycles. The summed E-state index contributed by atoms with van der Waals surface area (Å²) in [5.74, 6) is 0. The molecule has 1 heterocycles. The van der Waals surface area contributed by atoms with Gasteiger partial charge in [0, 0.05) is 18.3 Å². The first-order chi connectivity index (χ1) is 9.38. The van der Waals surface area contributed by atoms with E-state index in [2.05, 4.69) is 17.3 Å². The summed E-state index contributed by atoms with van der Waals surface area (Å²) in [6, 6.07) is 4.32. The maximum absolute atomic E-state index is 12.8. The Hall–Kier alpha value is -0.940. The van der Waals surface area contributed by atoms with E-state index in [1.165, 1.54) is 18.9 Å². The maximum Gasteiger partial charge on any atom is 0.417 e. The lowest BCUT2D eigenvalue weighted by molar-refractivity contribution is -0.137. The molecule has 0 aromatic heterocycles. The number of alkyl halides is 3. The van der Waals surface area contributed by atoms with Crippen molar-refractivity contribution in [2.45, 2.75) is 31.5 Å². The molecule has 0 spiro atoms. The van der Waals surface area contributed by atoms with Crippen molar-refractivity contribution in [1.82, 2.24) is 4.90 Å². The van der Waals surface area contributed by atoms with Crippen molar-refractivity contribution in [2.24, 2.45) is 0 Å². The number of rotatable bonds is 3. The summed E-state index contributed by atoms with van der Waals surface area (Å²) in [6.07, 6.45) is -0.989. The number of halogens is 4. The molecule has 0 bridgehead atoms. The van der Waals surface area contributed by atoms with E-state index in [-0.39, 0.29) is 5.02 Å². The van der Waals surface area contributed by atoms with Crippen LogP contribution in [0.1, 0.15) is 24.8 Å². The average molecular weight is 307 g/mol. The van der Waals surface area contributed by atoms with Crippen LogP contribution in [0.4, 0.5) is 18.9 Å². The fraction of sp³-hybridized carbons (Fsp3) is 0.571. The van der Waals surface area contributed by atoms with E-state index in [0.29, 0.717) is 18.3 Å². The number of nitrogens with one attached hydrogen (secondary N) is 1. The molecule has 20 heavy (non-hydrogen) atoms. The highest BCUT2D eigenvalue weighted by Gasteiger charge is 2.33. The van der Waals surface area contributed by atoms with Crippen molar-refractivity contribution in [2.75, 3.05) is 25.5 Å². The second-order valence-corrected chi connectivity index (χ2v) is 5.61. The third-order valence-electron chi connectivity index (χ3n) is 3.74. The number of nitrogens with zero attached hydrogens (tertiary/aromatic N) is 1. The number of likely N-dealkylation sites (tertiary alicyclic amines) is 1. The second kappa shape index (κ2) is 6.22. The van der Waals surface area contributed by atoms with Gasteiger partial charge >= 0.3 is 6.18 Å².